The van der Waals surface area contributed by atoms with Crippen molar-refractivity contribution in [1.82, 2.24) is 19.9 Å². The van der Waals surface area contributed by atoms with E-state index in [0.717, 1.165) is 38.3 Å². The summed E-state index contributed by atoms with van der Waals surface area (Å²) in [5.74, 6) is 0. The molecule has 0 bridgehead atoms. The highest BCUT2D eigenvalue weighted by Crippen LogP contribution is 2.20. The SMILES string of the molecule is CCC(Cl)c1cn(CCN(CC)CC)nn1. The van der Waals surface area contributed by atoms with Gasteiger partial charge in [0.05, 0.1) is 11.9 Å². The number of nitrogens with zero attached hydrogens (tertiary/aromatic N) is 4. The first kappa shape index (κ1) is 13.5. The summed E-state index contributed by atoms with van der Waals surface area (Å²) < 4.78 is 1.87. The Morgan fingerprint density at radius 2 is 2.06 bits per heavy atom. The molecule has 0 fully saturated rings. The molecule has 0 radical (unpaired) electrons. The summed E-state index contributed by atoms with van der Waals surface area (Å²) >= 11 is 6.10. The molecule has 0 aliphatic carbocycles. The summed E-state index contributed by atoms with van der Waals surface area (Å²) in [6.07, 6.45) is 2.83. The number of rotatable bonds is 7. The average molecular weight is 245 g/mol. The molecule has 4 nitrogen and oxygen atoms in total. The van der Waals surface area contributed by atoms with Gasteiger partial charge < -0.3 is 4.90 Å². The molecule has 1 unspecified atom stereocenters. The fraction of sp³-hybridized carbons (Fsp3) is 0.818. The number of likely N-dealkylation sites (N-methyl/N-ethyl adjacent to an activating group) is 1. The molecule has 1 atom stereocenters. The maximum absolute atomic E-state index is 6.10. The van der Waals surface area contributed by atoms with Crippen LogP contribution >= 0.6 is 11.6 Å². The van der Waals surface area contributed by atoms with Gasteiger partial charge in [-0.2, -0.15) is 0 Å². The fourth-order valence-corrected chi connectivity index (χ4v) is 1.66. The van der Waals surface area contributed by atoms with E-state index in [9.17, 15) is 0 Å². The van der Waals surface area contributed by atoms with Gasteiger partial charge >= 0.3 is 0 Å². The van der Waals surface area contributed by atoms with Gasteiger partial charge in [0.2, 0.25) is 0 Å². The lowest BCUT2D eigenvalue weighted by Gasteiger charge is -2.17. The Kier molecular flexibility index (Phi) is 5.77. The Hall–Kier alpha value is -0.610. The van der Waals surface area contributed by atoms with Gasteiger partial charge in [0.15, 0.2) is 0 Å². The summed E-state index contributed by atoms with van der Waals surface area (Å²) in [6.45, 7) is 10.4. The van der Waals surface area contributed by atoms with Crippen molar-refractivity contribution in [2.45, 2.75) is 39.1 Å². The maximum atomic E-state index is 6.10. The van der Waals surface area contributed by atoms with E-state index in [4.69, 9.17) is 11.6 Å². The fourth-order valence-electron chi connectivity index (χ4n) is 1.56. The second-order valence-corrected chi connectivity index (χ2v) is 4.34. The monoisotopic (exact) mass is 244 g/mol. The van der Waals surface area contributed by atoms with E-state index in [0.29, 0.717) is 0 Å². The molecule has 92 valence electrons. The third kappa shape index (κ3) is 3.76. The van der Waals surface area contributed by atoms with E-state index in [2.05, 4.69) is 29.1 Å². The molecule has 1 aromatic heterocycles. The zero-order valence-electron chi connectivity index (χ0n) is 10.4. The van der Waals surface area contributed by atoms with Gasteiger partial charge in [0.1, 0.15) is 5.69 Å². The lowest BCUT2D eigenvalue weighted by Crippen LogP contribution is -2.27. The summed E-state index contributed by atoms with van der Waals surface area (Å²) in [5, 5.41) is 8.15. The quantitative estimate of drug-likeness (QED) is 0.691. The van der Waals surface area contributed by atoms with Crippen molar-refractivity contribution in [2.24, 2.45) is 0 Å². The maximum Gasteiger partial charge on any atom is 0.100 e. The molecule has 0 amide bonds. The second kappa shape index (κ2) is 6.86. The molecule has 0 aromatic carbocycles. The van der Waals surface area contributed by atoms with Crippen LogP contribution in [0.5, 0.6) is 0 Å². The van der Waals surface area contributed by atoms with Crippen LogP contribution in [0, 0.1) is 0 Å². The highest BCUT2D eigenvalue weighted by Gasteiger charge is 2.10. The number of halogens is 1. The van der Waals surface area contributed by atoms with E-state index >= 15 is 0 Å². The minimum atomic E-state index is -0.0118. The van der Waals surface area contributed by atoms with Crippen LogP contribution in [0.4, 0.5) is 0 Å². The van der Waals surface area contributed by atoms with Crippen LogP contribution in [0.2, 0.25) is 0 Å². The lowest BCUT2D eigenvalue weighted by atomic mass is 10.3. The first-order valence-electron chi connectivity index (χ1n) is 5.97. The van der Waals surface area contributed by atoms with E-state index in [-0.39, 0.29) is 5.38 Å². The largest absolute Gasteiger partial charge is 0.302 e. The van der Waals surface area contributed by atoms with E-state index < -0.39 is 0 Å². The summed E-state index contributed by atoms with van der Waals surface area (Å²) in [4.78, 5) is 2.36. The minimum Gasteiger partial charge on any atom is -0.302 e. The molecular formula is C11H21ClN4. The molecule has 5 heteroatoms. The van der Waals surface area contributed by atoms with Crippen molar-refractivity contribution >= 4 is 11.6 Å². The van der Waals surface area contributed by atoms with Crippen molar-refractivity contribution in [3.63, 3.8) is 0 Å². The van der Waals surface area contributed by atoms with Crippen LogP contribution in [0.3, 0.4) is 0 Å². The zero-order valence-corrected chi connectivity index (χ0v) is 11.1. The Balaban J connectivity index is 2.46. The van der Waals surface area contributed by atoms with Crippen molar-refractivity contribution < 1.29 is 0 Å². The number of hydrogen-bond donors (Lipinski definition) is 0. The number of aromatic nitrogens is 3. The normalized spacial score (nSPS) is 13.3. The molecule has 0 saturated carbocycles. The Morgan fingerprint density at radius 1 is 1.38 bits per heavy atom. The van der Waals surface area contributed by atoms with Crippen LogP contribution < -0.4 is 0 Å². The third-order valence-electron chi connectivity index (χ3n) is 2.78. The van der Waals surface area contributed by atoms with Gasteiger partial charge in [-0.15, -0.1) is 16.7 Å². The van der Waals surface area contributed by atoms with E-state index in [1.165, 1.54) is 0 Å². The van der Waals surface area contributed by atoms with Crippen molar-refractivity contribution in [2.75, 3.05) is 19.6 Å². The molecule has 1 aromatic rings. The molecular weight excluding hydrogens is 224 g/mol. The van der Waals surface area contributed by atoms with Gasteiger partial charge in [0, 0.05) is 12.7 Å². The van der Waals surface area contributed by atoms with Crippen LogP contribution in [-0.4, -0.2) is 39.5 Å². The van der Waals surface area contributed by atoms with E-state index in [1.807, 2.05) is 17.8 Å². The predicted octanol–water partition coefficient (Wildman–Crippen LogP) is 2.31. The van der Waals surface area contributed by atoms with Gasteiger partial charge in [-0.1, -0.05) is 26.0 Å². The lowest BCUT2D eigenvalue weighted by molar-refractivity contribution is 0.284. The number of hydrogen-bond acceptors (Lipinski definition) is 3. The van der Waals surface area contributed by atoms with Crippen LogP contribution in [0.1, 0.15) is 38.3 Å². The third-order valence-corrected chi connectivity index (χ3v) is 3.31. The van der Waals surface area contributed by atoms with Gasteiger partial charge in [-0.05, 0) is 19.5 Å². The molecule has 0 N–H and O–H groups in total. The van der Waals surface area contributed by atoms with Crippen LogP contribution in [-0.2, 0) is 6.54 Å². The topological polar surface area (TPSA) is 34.0 Å². The predicted molar refractivity (Wildman–Crippen MR) is 66.7 cm³/mol. The summed E-state index contributed by atoms with van der Waals surface area (Å²) in [7, 11) is 0. The standard InChI is InChI=1S/C11H21ClN4/c1-4-10(12)11-9-16(14-13-11)8-7-15(5-2)6-3/h9-10H,4-8H2,1-3H3. The number of alkyl halides is 1. The average Bonchev–Trinajstić information content (AvgIpc) is 2.78. The smallest absolute Gasteiger partial charge is 0.100 e. The highest BCUT2D eigenvalue weighted by molar-refractivity contribution is 6.20. The Morgan fingerprint density at radius 3 is 2.62 bits per heavy atom. The molecule has 16 heavy (non-hydrogen) atoms. The van der Waals surface area contributed by atoms with Gasteiger partial charge in [-0.3, -0.25) is 4.68 Å². The van der Waals surface area contributed by atoms with Gasteiger partial charge in [0.25, 0.3) is 0 Å². The summed E-state index contributed by atoms with van der Waals surface area (Å²) in [5.41, 5.74) is 0.878. The van der Waals surface area contributed by atoms with Gasteiger partial charge in [-0.25, -0.2) is 0 Å². The molecule has 1 rings (SSSR count). The van der Waals surface area contributed by atoms with Crippen molar-refractivity contribution in [3.05, 3.63) is 11.9 Å². The Labute approximate surface area is 103 Å². The molecule has 1 heterocycles. The second-order valence-electron chi connectivity index (χ2n) is 3.81. The Bertz CT molecular complexity index is 296. The molecule has 0 aliphatic heterocycles. The first-order valence-corrected chi connectivity index (χ1v) is 6.41. The molecule has 0 aliphatic rings. The van der Waals surface area contributed by atoms with Crippen LogP contribution in [0.25, 0.3) is 0 Å². The molecule has 0 saturated heterocycles. The minimum absolute atomic E-state index is 0.0118. The van der Waals surface area contributed by atoms with Crippen molar-refractivity contribution in [1.29, 1.82) is 0 Å². The van der Waals surface area contributed by atoms with Crippen LogP contribution in [0.15, 0.2) is 6.20 Å². The van der Waals surface area contributed by atoms with E-state index in [1.54, 1.807) is 0 Å². The van der Waals surface area contributed by atoms with Crippen molar-refractivity contribution in [3.8, 4) is 0 Å². The molecule has 0 spiro atoms. The highest BCUT2D eigenvalue weighted by atomic mass is 35.5. The zero-order chi connectivity index (χ0) is 12.0. The first-order chi connectivity index (χ1) is 7.71. The summed E-state index contributed by atoms with van der Waals surface area (Å²) in [6, 6.07) is 0.